The number of hydrazine groups is 1. The summed E-state index contributed by atoms with van der Waals surface area (Å²) in [5.74, 6) is 5.17. The summed E-state index contributed by atoms with van der Waals surface area (Å²) in [4.78, 5) is 16.0. The van der Waals surface area contributed by atoms with Gasteiger partial charge in [0.05, 0.1) is 5.69 Å². The molecule has 15 heavy (non-hydrogen) atoms. The van der Waals surface area contributed by atoms with Gasteiger partial charge in [-0.15, -0.1) is 5.17 Å². The quantitative estimate of drug-likeness (QED) is 0.635. The minimum atomic E-state index is -0.352. The summed E-state index contributed by atoms with van der Waals surface area (Å²) >= 11 is 5.70. The Kier molecular flexibility index (Phi) is 4.39. The number of anilines is 1. The van der Waals surface area contributed by atoms with Crippen LogP contribution in [-0.2, 0) is 9.63 Å². The molecule has 2 N–H and O–H groups in total. The highest BCUT2D eigenvalue weighted by Gasteiger charge is 2.07. The minimum Gasteiger partial charge on any atom is -0.325 e. The minimum absolute atomic E-state index is 0.349. The predicted molar refractivity (Wildman–Crippen MR) is 59.1 cm³/mol. The number of rotatable bonds is 4. The highest BCUT2D eigenvalue weighted by molar-refractivity contribution is 6.30. The number of hydrogen-bond acceptors (Lipinski definition) is 4. The molecule has 4 nitrogen and oxygen atoms in total. The summed E-state index contributed by atoms with van der Waals surface area (Å²) in [5.41, 5.74) is 0.573. The molecule has 0 unspecified atom stereocenters. The van der Waals surface area contributed by atoms with E-state index < -0.39 is 0 Å². The Morgan fingerprint density at radius 1 is 1.47 bits per heavy atom. The summed E-state index contributed by atoms with van der Waals surface area (Å²) in [7, 11) is 0. The Bertz CT molecular complexity index is 327. The van der Waals surface area contributed by atoms with Crippen LogP contribution in [0.3, 0.4) is 0 Å². The van der Waals surface area contributed by atoms with E-state index in [9.17, 15) is 4.79 Å². The van der Waals surface area contributed by atoms with Crippen LogP contribution in [0.2, 0.25) is 5.02 Å². The summed E-state index contributed by atoms with van der Waals surface area (Å²) in [6, 6.07) is 6.68. The van der Waals surface area contributed by atoms with E-state index in [2.05, 4.69) is 0 Å². The molecule has 0 saturated carbocycles. The highest BCUT2D eigenvalue weighted by Crippen LogP contribution is 2.16. The third-order valence-electron chi connectivity index (χ3n) is 1.74. The smallest absolute Gasteiger partial charge is 0.325 e. The maximum atomic E-state index is 11.1. The zero-order chi connectivity index (χ0) is 11.3. The van der Waals surface area contributed by atoms with Crippen molar-refractivity contribution in [3.05, 3.63) is 29.3 Å². The number of carbonyl (C=O) groups excluding carboxylic acids is 1. The van der Waals surface area contributed by atoms with Gasteiger partial charge in [-0.3, -0.25) is 0 Å². The van der Waals surface area contributed by atoms with Crippen molar-refractivity contribution in [3.8, 4) is 0 Å². The van der Waals surface area contributed by atoms with E-state index in [4.69, 9.17) is 22.3 Å². The maximum Gasteiger partial charge on any atom is 0.334 e. The lowest BCUT2D eigenvalue weighted by molar-refractivity contribution is -0.145. The van der Waals surface area contributed by atoms with Gasteiger partial charge in [-0.2, -0.15) is 0 Å². The van der Waals surface area contributed by atoms with E-state index in [-0.39, 0.29) is 5.97 Å². The second-order valence-corrected chi connectivity index (χ2v) is 3.45. The second kappa shape index (κ2) is 5.58. The molecule has 1 rings (SSSR count). The summed E-state index contributed by atoms with van der Waals surface area (Å²) < 4.78 is 0. The lowest BCUT2D eigenvalue weighted by Gasteiger charge is -2.16. The zero-order valence-electron chi connectivity index (χ0n) is 8.44. The SMILES string of the molecule is CCCC(=O)ON(N)c1ccc(Cl)cc1. The monoisotopic (exact) mass is 228 g/mol. The number of carbonyl (C=O) groups is 1. The first kappa shape index (κ1) is 11.8. The molecule has 0 radical (unpaired) electrons. The highest BCUT2D eigenvalue weighted by atomic mass is 35.5. The van der Waals surface area contributed by atoms with Gasteiger partial charge in [0.2, 0.25) is 0 Å². The van der Waals surface area contributed by atoms with E-state index in [0.717, 1.165) is 11.6 Å². The topological polar surface area (TPSA) is 55.6 Å². The summed E-state index contributed by atoms with van der Waals surface area (Å²) in [6.45, 7) is 1.89. The van der Waals surface area contributed by atoms with Gasteiger partial charge in [-0.1, -0.05) is 18.5 Å². The van der Waals surface area contributed by atoms with Crippen molar-refractivity contribution in [1.29, 1.82) is 0 Å². The Labute approximate surface area is 93.5 Å². The molecule has 1 aromatic rings. The van der Waals surface area contributed by atoms with E-state index in [1.54, 1.807) is 24.3 Å². The van der Waals surface area contributed by atoms with Crippen LogP contribution >= 0.6 is 11.6 Å². The number of hydrogen-bond donors (Lipinski definition) is 1. The van der Waals surface area contributed by atoms with Crippen LogP contribution < -0.4 is 11.0 Å². The fraction of sp³-hybridized carbons (Fsp3) is 0.300. The molecule has 0 saturated heterocycles. The molecule has 0 amide bonds. The lowest BCUT2D eigenvalue weighted by atomic mass is 10.3. The molecule has 0 bridgehead atoms. The van der Waals surface area contributed by atoms with E-state index in [1.165, 1.54) is 0 Å². The number of halogens is 1. The van der Waals surface area contributed by atoms with Crippen molar-refractivity contribution >= 4 is 23.3 Å². The average Bonchev–Trinajstić information content (AvgIpc) is 2.18. The van der Waals surface area contributed by atoms with Crippen molar-refractivity contribution < 1.29 is 9.63 Å². The molecule has 0 fully saturated rings. The molecule has 0 aliphatic rings. The Morgan fingerprint density at radius 3 is 2.60 bits per heavy atom. The average molecular weight is 229 g/mol. The van der Waals surface area contributed by atoms with Crippen LogP contribution in [0, 0.1) is 0 Å². The van der Waals surface area contributed by atoms with E-state index in [0.29, 0.717) is 17.1 Å². The molecule has 1 aromatic carbocycles. The number of nitrogens with two attached hydrogens (primary N) is 1. The Hall–Kier alpha value is -1.26. The summed E-state index contributed by atoms with van der Waals surface area (Å²) in [6.07, 6.45) is 1.08. The van der Waals surface area contributed by atoms with Gasteiger partial charge < -0.3 is 4.84 Å². The molecule has 0 spiro atoms. The standard InChI is InChI=1S/C10H13ClN2O2/c1-2-3-10(14)15-13(12)9-6-4-8(11)5-7-9/h4-7H,2-3,12H2,1H3. The lowest BCUT2D eigenvalue weighted by Crippen LogP contribution is -2.33. The van der Waals surface area contributed by atoms with Gasteiger partial charge in [0.15, 0.2) is 0 Å². The molecule has 0 heterocycles. The maximum absolute atomic E-state index is 11.1. The third kappa shape index (κ3) is 3.77. The number of benzene rings is 1. The van der Waals surface area contributed by atoms with Gasteiger partial charge in [0.1, 0.15) is 0 Å². The first-order valence-electron chi connectivity index (χ1n) is 4.64. The van der Waals surface area contributed by atoms with Crippen molar-refractivity contribution in [2.24, 2.45) is 5.84 Å². The fourth-order valence-corrected chi connectivity index (χ4v) is 1.13. The van der Waals surface area contributed by atoms with Gasteiger partial charge in [0.25, 0.3) is 0 Å². The molecule has 0 aliphatic carbocycles. The van der Waals surface area contributed by atoms with E-state index in [1.807, 2.05) is 6.92 Å². The van der Waals surface area contributed by atoms with Crippen LogP contribution in [0.15, 0.2) is 24.3 Å². The van der Waals surface area contributed by atoms with Crippen LogP contribution in [-0.4, -0.2) is 5.97 Å². The van der Waals surface area contributed by atoms with Gasteiger partial charge >= 0.3 is 5.97 Å². The van der Waals surface area contributed by atoms with Crippen molar-refractivity contribution in [1.82, 2.24) is 0 Å². The van der Waals surface area contributed by atoms with Crippen LogP contribution in [0.4, 0.5) is 5.69 Å². The molecule has 0 atom stereocenters. The van der Waals surface area contributed by atoms with Crippen molar-refractivity contribution in [2.45, 2.75) is 19.8 Å². The molecule has 82 valence electrons. The number of nitrogens with zero attached hydrogens (tertiary/aromatic N) is 1. The van der Waals surface area contributed by atoms with Crippen LogP contribution in [0.1, 0.15) is 19.8 Å². The van der Waals surface area contributed by atoms with Crippen LogP contribution in [0.25, 0.3) is 0 Å². The zero-order valence-corrected chi connectivity index (χ0v) is 9.20. The molecule has 5 heteroatoms. The molecule has 0 aromatic heterocycles. The van der Waals surface area contributed by atoms with Gasteiger partial charge in [0, 0.05) is 11.4 Å². The molecule has 0 aliphatic heterocycles. The first-order chi connectivity index (χ1) is 7.13. The van der Waals surface area contributed by atoms with Gasteiger partial charge in [-0.05, 0) is 30.7 Å². The van der Waals surface area contributed by atoms with Crippen molar-refractivity contribution in [2.75, 3.05) is 5.17 Å². The molecular weight excluding hydrogens is 216 g/mol. The second-order valence-electron chi connectivity index (χ2n) is 3.02. The predicted octanol–water partition coefficient (Wildman–Crippen LogP) is 2.28. The normalized spacial score (nSPS) is 9.80. The Balaban J connectivity index is 2.57. The summed E-state index contributed by atoms with van der Waals surface area (Å²) in [5, 5.41) is 1.54. The van der Waals surface area contributed by atoms with E-state index >= 15 is 0 Å². The largest absolute Gasteiger partial charge is 0.334 e. The third-order valence-corrected chi connectivity index (χ3v) is 1.99. The van der Waals surface area contributed by atoms with Crippen LogP contribution in [0.5, 0.6) is 0 Å². The first-order valence-corrected chi connectivity index (χ1v) is 5.02. The van der Waals surface area contributed by atoms with Gasteiger partial charge in [-0.25, -0.2) is 10.6 Å². The van der Waals surface area contributed by atoms with Crippen molar-refractivity contribution in [3.63, 3.8) is 0 Å². The Morgan fingerprint density at radius 2 is 2.07 bits per heavy atom. The fourth-order valence-electron chi connectivity index (χ4n) is 1.00. The molecular formula is C10H13ClN2O2.